The Kier molecular flexibility index (Phi) is 5.74. The summed E-state index contributed by atoms with van der Waals surface area (Å²) in [5.41, 5.74) is 7.62. The number of benzene rings is 2. The number of ether oxygens (including phenoxy) is 1. The lowest BCUT2D eigenvalue weighted by atomic mass is 10.0. The number of nitrogens with one attached hydrogen (secondary N) is 1. The van der Waals surface area contributed by atoms with Crippen LogP contribution in [-0.4, -0.2) is 25.0 Å². The van der Waals surface area contributed by atoms with Crippen LogP contribution in [0.25, 0.3) is 0 Å². The van der Waals surface area contributed by atoms with E-state index >= 15 is 0 Å². The third kappa shape index (κ3) is 5.14. The molecule has 0 saturated heterocycles. The molecule has 0 aliphatic carbocycles. The van der Waals surface area contributed by atoms with Gasteiger partial charge in [0.1, 0.15) is 0 Å². The molecular weight excluding hydrogens is 292 g/mol. The summed E-state index contributed by atoms with van der Waals surface area (Å²) in [6.45, 7) is 2.21. The molecule has 0 unspecified atom stereocenters. The van der Waals surface area contributed by atoms with E-state index < -0.39 is 5.97 Å². The van der Waals surface area contributed by atoms with E-state index in [2.05, 4.69) is 5.32 Å². The molecule has 5 nitrogen and oxygen atoms in total. The highest BCUT2D eigenvalue weighted by atomic mass is 16.5. The minimum absolute atomic E-state index is 0.188. The molecule has 23 heavy (non-hydrogen) atoms. The van der Waals surface area contributed by atoms with Crippen molar-refractivity contribution in [2.75, 3.05) is 18.9 Å². The van der Waals surface area contributed by atoms with E-state index in [4.69, 9.17) is 10.5 Å². The lowest BCUT2D eigenvalue weighted by Crippen LogP contribution is -2.31. The zero-order valence-corrected chi connectivity index (χ0v) is 13.0. The Bertz CT molecular complexity index is 654. The standard InChI is InChI=1S/C18H20N2O3/c1-13(14-5-3-2-4-6-14)11-20-17(21)12-23-18(22)15-7-9-16(19)10-8-15/h2-10,13H,11-12,19H2,1H3,(H,20,21)/t13-/m1/s1. The highest BCUT2D eigenvalue weighted by Crippen LogP contribution is 2.13. The molecule has 1 atom stereocenters. The maximum atomic E-state index is 11.8. The number of rotatable bonds is 6. The van der Waals surface area contributed by atoms with Gasteiger partial charge in [-0.1, -0.05) is 37.3 Å². The summed E-state index contributed by atoms with van der Waals surface area (Å²) in [6.07, 6.45) is 0. The van der Waals surface area contributed by atoms with Crippen LogP contribution in [0.1, 0.15) is 28.8 Å². The SMILES string of the molecule is C[C@H](CNC(=O)COC(=O)c1ccc(N)cc1)c1ccccc1. The lowest BCUT2D eigenvalue weighted by Gasteiger charge is -2.13. The predicted molar refractivity (Wildman–Crippen MR) is 89.0 cm³/mol. The number of nitrogens with two attached hydrogens (primary N) is 1. The van der Waals surface area contributed by atoms with Gasteiger partial charge in [0, 0.05) is 12.2 Å². The fourth-order valence-electron chi connectivity index (χ4n) is 2.05. The summed E-state index contributed by atoms with van der Waals surface area (Å²) < 4.78 is 4.98. The number of hydrogen-bond donors (Lipinski definition) is 2. The summed E-state index contributed by atoms with van der Waals surface area (Å²) in [4.78, 5) is 23.5. The Morgan fingerprint density at radius 3 is 2.39 bits per heavy atom. The summed E-state index contributed by atoms with van der Waals surface area (Å²) >= 11 is 0. The van der Waals surface area contributed by atoms with E-state index in [-0.39, 0.29) is 18.4 Å². The molecule has 0 bridgehead atoms. The second kappa shape index (κ2) is 7.98. The minimum Gasteiger partial charge on any atom is -0.452 e. The number of amides is 1. The summed E-state index contributed by atoms with van der Waals surface area (Å²) in [5, 5.41) is 2.76. The molecule has 0 fully saturated rings. The molecule has 2 rings (SSSR count). The van der Waals surface area contributed by atoms with Gasteiger partial charge >= 0.3 is 5.97 Å². The van der Waals surface area contributed by atoms with Crippen molar-refractivity contribution >= 4 is 17.6 Å². The van der Waals surface area contributed by atoms with Crippen LogP contribution in [0.15, 0.2) is 54.6 Å². The van der Waals surface area contributed by atoms with Gasteiger partial charge in [0.05, 0.1) is 5.56 Å². The van der Waals surface area contributed by atoms with Crippen molar-refractivity contribution in [3.8, 4) is 0 Å². The normalized spacial score (nSPS) is 11.5. The molecule has 0 aliphatic rings. The number of carbonyl (C=O) groups is 2. The first-order chi connectivity index (χ1) is 11.1. The van der Waals surface area contributed by atoms with Gasteiger partial charge in [0.2, 0.25) is 0 Å². The zero-order valence-electron chi connectivity index (χ0n) is 13.0. The summed E-state index contributed by atoms with van der Waals surface area (Å²) in [5.74, 6) is -0.680. The first kappa shape index (κ1) is 16.5. The third-order valence-electron chi connectivity index (χ3n) is 3.45. The average Bonchev–Trinajstić information content (AvgIpc) is 2.59. The van der Waals surface area contributed by atoms with Crippen LogP contribution in [0.3, 0.4) is 0 Å². The third-order valence-corrected chi connectivity index (χ3v) is 3.45. The van der Waals surface area contributed by atoms with E-state index in [0.717, 1.165) is 5.56 Å². The fraction of sp³-hybridized carbons (Fsp3) is 0.222. The van der Waals surface area contributed by atoms with Gasteiger partial charge in [0.25, 0.3) is 5.91 Å². The Labute approximate surface area is 135 Å². The molecule has 0 radical (unpaired) electrons. The smallest absolute Gasteiger partial charge is 0.338 e. The van der Waals surface area contributed by atoms with Crippen LogP contribution in [0.2, 0.25) is 0 Å². The molecule has 2 aromatic carbocycles. The van der Waals surface area contributed by atoms with Gasteiger partial charge in [-0.2, -0.15) is 0 Å². The second-order valence-electron chi connectivity index (χ2n) is 5.31. The van der Waals surface area contributed by atoms with Gasteiger partial charge < -0.3 is 15.8 Å². The Morgan fingerprint density at radius 2 is 1.74 bits per heavy atom. The minimum atomic E-state index is -0.545. The number of anilines is 1. The van der Waals surface area contributed by atoms with Gasteiger partial charge in [-0.25, -0.2) is 4.79 Å². The monoisotopic (exact) mass is 312 g/mol. The van der Waals surface area contributed by atoms with Crippen molar-refractivity contribution in [2.24, 2.45) is 0 Å². The van der Waals surface area contributed by atoms with E-state index in [9.17, 15) is 9.59 Å². The van der Waals surface area contributed by atoms with E-state index in [1.54, 1.807) is 24.3 Å². The lowest BCUT2D eigenvalue weighted by molar-refractivity contribution is -0.124. The highest BCUT2D eigenvalue weighted by molar-refractivity contribution is 5.91. The molecule has 120 valence electrons. The molecular formula is C18H20N2O3. The molecule has 0 aliphatic heterocycles. The molecule has 1 amide bonds. The van der Waals surface area contributed by atoms with Crippen molar-refractivity contribution in [3.63, 3.8) is 0 Å². The van der Waals surface area contributed by atoms with E-state index in [1.807, 2.05) is 37.3 Å². The Morgan fingerprint density at radius 1 is 1.09 bits per heavy atom. The molecule has 5 heteroatoms. The number of esters is 1. The summed E-state index contributed by atoms with van der Waals surface area (Å²) in [7, 11) is 0. The van der Waals surface area contributed by atoms with Crippen molar-refractivity contribution in [2.45, 2.75) is 12.8 Å². The Hall–Kier alpha value is -2.82. The van der Waals surface area contributed by atoms with Crippen molar-refractivity contribution in [1.82, 2.24) is 5.32 Å². The van der Waals surface area contributed by atoms with Crippen LogP contribution in [0.4, 0.5) is 5.69 Å². The maximum absolute atomic E-state index is 11.8. The fourth-order valence-corrected chi connectivity index (χ4v) is 2.05. The van der Waals surface area contributed by atoms with E-state index in [0.29, 0.717) is 17.8 Å². The molecule has 0 saturated carbocycles. The van der Waals surface area contributed by atoms with E-state index in [1.165, 1.54) is 0 Å². The number of nitrogen functional groups attached to an aromatic ring is 1. The van der Waals surface area contributed by atoms with Crippen LogP contribution in [0.5, 0.6) is 0 Å². The molecule has 0 heterocycles. The topological polar surface area (TPSA) is 81.4 Å². The largest absolute Gasteiger partial charge is 0.452 e. The van der Waals surface area contributed by atoms with Gasteiger partial charge in [0.15, 0.2) is 6.61 Å². The van der Waals surface area contributed by atoms with Crippen molar-refractivity contribution < 1.29 is 14.3 Å². The first-order valence-electron chi connectivity index (χ1n) is 7.40. The molecule has 3 N–H and O–H groups in total. The maximum Gasteiger partial charge on any atom is 0.338 e. The van der Waals surface area contributed by atoms with Crippen LogP contribution in [0, 0.1) is 0 Å². The van der Waals surface area contributed by atoms with Gasteiger partial charge in [-0.3, -0.25) is 4.79 Å². The Balaban J connectivity index is 1.75. The first-order valence-corrected chi connectivity index (χ1v) is 7.40. The van der Waals surface area contributed by atoms with Crippen LogP contribution in [-0.2, 0) is 9.53 Å². The van der Waals surface area contributed by atoms with Crippen molar-refractivity contribution in [1.29, 1.82) is 0 Å². The van der Waals surface area contributed by atoms with Crippen molar-refractivity contribution in [3.05, 3.63) is 65.7 Å². The molecule has 2 aromatic rings. The number of carbonyl (C=O) groups excluding carboxylic acids is 2. The summed E-state index contributed by atoms with van der Waals surface area (Å²) in [6, 6.07) is 16.2. The molecule has 0 spiro atoms. The van der Waals surface area contributed by atoms with Gasteiger partial charge in [-0.05, 0) is 35.7 Å². The second-order valence-corrected chi connectivity index (χ2v) is 5.31. The number of hydrogen-bond acceptors (Lipinski definition) is 4. The predicted octanol–water partition coefficient (Wildman–Crippen LogP) is 2.35. The quantitative estimate of drug-likeness (QED) is 0.633. The molecule has 0 aromatic heterocycles. The average molecular weight is 312 g/mol. The van der Waals surface area contributed by atoms with Crippen LogP contribution < -0.4 is 11.1 Å². The zero-order chi connectivity index (χ0) is 16.7. The highest BCUT2D eigenvalue weighted by Gasteiger charge is 2.11. The van der Waals surface area contributed by atoms with Crippen LogP contribution >= 0.6 is 0 Å². The van der Waals surface area contributed by atoms with Gasteiger partial charge in [-0.15, -0.1) is 0 Å².